The Kier molecular flexibility index (Phi) is 5.14. The van der Waals surface area contributed by atoms with E-state index < -0.39 is 0 Å². The van der Waals surface area contributed by atoms with Gasteiger partial charge in [0, 0.05) is 30.6 Å². The van der Waals surface area contributed by atoms with Crippen molar-refractivity contribution in [2.75, 3.05) is 13.1 Å². The number of rotatable bonds is 5. The number of hydrogen-bond acceptors (Lipinski definition) is 4. The number of piperidine rings is 1. The first-order valence-corrected chi connectivity index (χ1v) is 8.92. The molecule has 1 atom stereocenters. The van der Waals surface area contributed by atoms with Crippen LogP contribution in [0.15, 0.2) is 24.7 Å². The fourth-order valence-electron chi connectivity index (χ4n) is 3.37. The molecule has 0 unspecified atom stereocenters. The number of likely N-dealkylation sites (tertiary alicyclic amines) is 1. The highest BCUT2D eigenvalue weighted by Crippen LogP contribution is 2.22. The zero-order valence-electron chi connectivity index (χ0n) is 14.8. The first-order chi connectivity index (χ1) is 11.6. The highest BCUT2D eigenvalue weighted by Gasteiger charge is 2.27. The summed E-state index contributed by atoms with van der Waals surface area (Å²) in [6.45, 7) is 8.51. The van der Waals surface area contributed by atoms with E-state index in [4.69, 9.17) is 0 Å². The normalized spacial score (nSPS) is 18.2. The number of aromatic nitrogens is 3. The monoisotopic (exact) mass is 329 g/mol. The summed E-state index contributed by atoms with van der Waals surface area (Å²) < 4.78 is 1.89. The van der Waals surface area contributed by atoms with Gasteiger partial charge in [-0.1, -0.05) is 6.92 Å². The molecule has 0 aromatic carbocycles. The third-order valence-electron chi connectivity index (χ3n) is 4.97. The van der Waals surface area contributed by atoms with Gasteiger partial charge in [-0.2, -0.15) is 0 Å². The topological polar surface area (TPSA) is 62.5 Å². The fraction of sp³-hybridized carbons (Fsp3) is 0.611. The van der Waals surface area contributed by atoms with E-state index in [1.807, 2.05) is 22.9 Å². The Bertz CT molecular complexity index is 655. The Hall–Kier alpha value is -1.95. The van der Waals surface area contributed by atoms with Crippen molar-refractivity contribution in [2.24, 2.45) is 5.92 Å². The minimum atomic E-state index is -0.0534. The summed E-state index contributed by atoms with van der Waals surface area (Å²) in [6.07, 6.45) is 8.31. The molecule has 1 fully saturated rings. The number of fused-ring (bicyclic) bond motifs is 1. The van der Waals surface area contributed by atoms with E-state index in [9.17, 15) is 4.79 Å². The minimum Gasteiger partial charge on any atom is -0.347 e. The van der Waals surface area contributed by atoms with Crippen LogP contribution in [0.25, 0.3) is 5.78 Å². The lowest BCUT2D eigenvalue weighted by atomic mass is 9.94. The molecule has 0 saturated carbocycles. The Morgan fingerprint density at radius 1 is 1.38 bits per heavy atom. The molecule has 0 spiro atoms. The zero-order chi connectivity index (χ0) is 17.1. The lowest BCUT2D eigenvalue weighted by Crippen LogP contribution is -2.43. The summed E-state index contributed by atoms with van der Waals surface area (Å²) in [4.78, 5) is 23.9. The van der Waals surface area contributed by atoms with E-state index in [1.165, 1.54) is 0 Å². The Morgan fingerprint density at radius 3 is 2.75 bits per heavy atom. The molecule has 3 heterocycles. The van der Waals surface area contributed by atoms with Gasteiger partial charge >= 0.3 is 0 Å². The fourth-order valence-corrected chi connectivity index (χ4v) is 3.37. The van der Waals surface area contributed by atoms with E-state index in [0.717, 1.165) is 38.0 Å². The maximum atomic E-state index is 12.7. The van der Waals surface area contributed by atoms with Crippen LogP contribution in [0.4, 0.5) is 0 Å². The maximum Gasteiger partial charge on any atom is 0.233 e. The summed E-state index contributed by atoms with van der Waals surface area (Å²) in [5, 5.41) is 3.20. The van der Waals surface area contributed by atoms with Crippen LogP contribution in [0.2, 0.25) is 0 Å². The van der Waals surface area contributed by atoms with Gasteiger partial charge in [-0.05, 0) is 52.3 Å². The van der Waals surface area contributed by atoms with Crippen LogP contribution in [0, 0.1) is 5.92 Å². The number of hydrogen-bond donors (Lipinski definition) is 1. The van der Waals surface area contributed by atoms with Crippen LogP contribution >= 0.6 is 0 Å². The van der Waals surface area contributed by atoms with E-state index in [2.05, 4.69) is 41.0 Å². The number of amides is 1. The lowest BCUT2D eigenvalue weighted by molar-refractivity contribution is -0.127. The van der Waals surface area contributed by atoms with Crippen molar-refractivity contribution in [2.45, 2.75) is 52.1 Å². The molecule has 2 aromatic rings. The van der Waals surface area contributed by atoms with Gasteiger partial charge < -0.3 is 10.2 Å². The smallest absolute Gasteiger partial charge is 0.233 e. The average molecular weight is 329 g/mol. The van der Waals surface area contributed by atoms with Gasteiger partial charge in [-0.3, -0.25) is 9.20 Å². The van der Waals surface area contributed by atoms with Crippen molar-refractivity contribution in [3.8, 4) is 0 Å². The molecule has 1 aliphatic heterocycles. The molecular weight excluding hydrogens is 302 g/mol. The van der Waals surface area contributed by atoms with Crippen LogP contribution < -0.4 is 5.32 Å². The molecular formula is C18H27N5O. The van der Waals surface area contributed by atoms with Crippen LogP contribution in [0.5, 0.6) is 0 Å². The van der Waals surface area contributed by atoms with Crippen molar-refractivity contribution < 1.29 is 4.79 Å². The predicted molar refractivity (Wildman–Crippen MR) is 93.6 cm³/mol. The van der Waals surface area contributed by atoms with Crippen molar-refractivity contribution >= 4 is 11.7 Å². The molecule has 6 nitrogen and oxygen atoms in total. The number of nitrogens with zero attached hydrogens (tertiary/aromatic N) is 4. The largest absolute Gasteiger partial charge is 0.347 e. The summed E-state index contributed by atoms with van der Waals surface area (Å²) in [6, 6.07) is 2.38. The molecule has 1 saturated heterocycles. The van der Waals surface area contributed by atoms with Gasteiger partial charge in [0.1, 0.15) is 0 Å². The Labute approximate surface area is 143 Å². The second-order valence-corrected chi connectivity index (χ2v) is 6.87. The summed E-state index contributed by atoms with van der Waals surface area (Å²) in [5.74, 6) is 0.949. The Balaban J connectivity index is 1.64. The van der Waals surface area contributed by atoms with Crippen LogP contribution in [-0.2, 0) is 4.79 Å². The minimum absolute atomic E-state index is 0.0534. The first kappa shape index (κ1) is 16.9. The van der Waals surface area contributed by atoms with Crippen LogP contribution in [0.3, 0.4) is 0 Å². The summed E-state index contributed by atoms with van der Waals surface area (Å²) in [7, 11) is 0. The van der Waals surface area contributed by atoms with Crippen molar-refractivity contribution in [3.05, 3.63) is 30.4 Å². The molecule has 24 heavy (non-hydrogen) atoms. The molecule has 130 valence electrons. The molecule has 2 aromatic heterocycles. The number of carbonyl (C=O) groups is 1. The molecule has 1 aliphatic rings. The standard InChI is InChI=1S/C18H27N5O/c1-4-15(16-12-23-9-5-8-19-18(23)21-16)20-17(24)14-6-10-22(11-7-14)13(2)3/h5,8-9,12-15H,4,6-7,10-11H2,1-3H3,(H,20,24)/t15-/m0/s1. The molecule has 0 bridgehead atoms. The molecule has 0 aliphatic carbocycles. The number of imidazole rings is 1. The highest BCUT2D eigenvalue weighted by molar-refractivity contribution is 5.79. The quantitative estimate of drug-likeness (QED) is 0.915. The third-order valence-corrected chi connectivity index (χ3v) is 4.97. The van der Waals surface area contributed by atoms with E-state index >= 15 is 0 Å². The molecule has 0 radical (unpaired) electrons. The highest BCUT2D eigenvalue weighted by atomic mass is 16.2. The summed E-state index contributed by atoms with van der Waals surface area (Å²) >= 11 is 0. The lowest BCUT2D eigenvalue weighted by Gasteiger charge is -2.34. The zero-order valence-corrected chi connectivity index (χ0v) is 14.8. The van der Waals surface area contributed by atoms with E-state index in [1.54, 1.807) is 6.20 Å². The van der Waals surface area contributed by atoms with Gasteiger partial charge in [0.2, 0.25) is 11.7 Å². The predicted octanol–water partition coefficient (Wildman–Crippen LogP) is 2.42. The van der Waals surface area contributed by atoms with Crippen LogP contribution in [0.1, 0.15) is 51.8 Å². The second kappa shape index (κ2) is 7.30. The molecule has 3 rings (SSSR count). The molecule has 1 amide bonds. The van der Waals surface area contributed by atoms with Gasteiger partial charge in [-0.25, -0.2) is 9.97 Å². The Morgan fingerprint density at radius 2 is 2.12 bits per heavy atom. The molecule has 6 heteroatoms. The number of nitrogens with one attached hydrogen (secondary N) is 1. The molecule has 1 N–H and O–H groups in total. The SMILES string of the molecule is CC[C@H](NC(=O)C1CCN(C(C)C)CC1)c1cn2cccnc2n1. The third kappa shape index (κ3) is 3.59. The van der Waals surface area contributed by atoms with Crippen LogP contribution in [-0.4, -0.2) is 44.3 Å². The van der Waals surface area contributed by atoms with Gasteiger partial charge in [-0.15, -0.1) is 0 Å². The second-order valence-electron chi connectivity index (χ2n) is 6.87. The van der Waals surface area contributed by atoms with E-state index in [-0.39, 0.29) is 17.9 Å². The maximum absolute atomic E-state index is 12.7. The van der Waals surface area contributed by atoms with Gasteiger partial charge in [0.25, 0.3) is 0 Å². The van der Waals surface area contributed by atoms with Crippen molar-refractivity contribution in [3.63, 3.8) is 0 Å². The van der Waals surface area contributed by atoms with E-state index in [0.29, 0.717) is 11.8 Å². The average Bonchev–Trinajstić information content (AvgIpc) is 3.03. The summed E-state index contributed by atoms with van der Waals surface area (Å²) in [5.41, 5.74) is 0.879. The van der Waals surface area contributed by atoms with Gasteiger partial charge in [0.05, 0.1) is 11.7 Å². The van der Waals surface area contributed by atoms with Gasteiger partial charge in [0.15, 0.2) is 0 Å². The first-order valence-electron chi connectivity index (χ1n) is 8.92. The van der Waals surface area contributed by atoms with Crippen molar-refractivity contribution in [1.82, 2.24) is 24.6 Å². The number of carbonyl (C=O) groups excluding carboxylic acids is 1. The van der Waals surface area contributed by atoms with Crippen molar-refractivity contribution in [1.29, 1.82) is 0 Å².